The molecule has 1 aliphatic rings. The molecule has 118 valence electrons. The van der Waals surface area contributed by atoms with Crippen LogP contribution < -0.4 is 15.4 Å². The smallest absolute Gasteiger partial charge is 0.177 e. The maximum absolute atomic E-state index is 12.3. The van der Waals surface area contributed by atoms with Gasteiger partial charge in [-0.15, -0.1) is 11.3 Å². The van der Waals surface area contributed by atoms with E-state index in [2.05, 4.69) is 4.90 Å². The number of anilines is 2. The molecular weight excluding hydrogens is 288 g/mol. The topological polar surface area (TPSA) is 64.8 Å². The molecule has 1 aromatic rings. The summed E-state index contributed by atoms with van der Waals surface area (Å²) in [5.74, 6) is 0.655. The molecule has 21 heavy (non-hydrogen) atoms. The fraction of sp³-hybridized carbons (Fsp3) is 0.667. The molecule has 0 radical (unpaired) electrons. The maximum atomic E-state index is 12.3. The Kier molecular flexibility index (Phi) is 5.11. The second kappa shape index (κ2) is 6.66. The molecule has 2 N–H and O–H groups in total. The quantitative estimate of drug-likeness (QED) is 0.847. The van der Waals surface area contributed by atoms with Gasteiger partial charge in [-0.05, 0) is 13.8 Å². The SMILES string of the molecule is CC(C)Oc1c(N2CCOCC2)sc(C(=O)C(C)C)c1N. The molecule has 2 rings (SSSR count). The Labute approximate surface area is 130 Å². The minimum absolute atomic E-state index is 0.0173. The number of hydrogen-bond acceptors (Lipinski definition) is 6. The van der Waals surface area contributed by atoms with E-state index in [0.717, 1.165) is 18.1 Å². The van der Waals surface area contributed by atoms with Gasteiger partial charge in [-0.3, -0.25) is 4.79 Å². The lowest BCUT2D eigenvalue weighted by Crippen LogP contribution is -2.36. The molecule has 1 fully saturated rings. The van der Waals surface area contributed by atoms with Crippen molar-refractivity contribution in [2.45, 2.75) is 33.8 Å². The highest BCUT2D eigenvalue weighted by Crippen LogP contribution is 2.46. The Morgan fingerprint density at radius 3 is 2.43 bits per heavy atom. The first-order valence-electron chi connectivity index (χ1n) is 7.37. The molecule has 6 heteroatoms. The molecule has 0 unspecified atom stereocenters. The van der Waals surface area contributed by atoms with Crippen LogP contribution in [-0.4, -0.2) is 38.2 Å². The molecule has 0 saturated carbocycles. The predicted octanol–water partition coefficient (Wildman–Crippen LogP) is 2.79. The lowest BCUT2D eigenvalue weighted by Gasteiger charge is -2.28. The van der Waals surface area contributed by atoms with Gasteiger partial charge in [0.1, 0.15) is 5.00 Å². The molecule has 0 aliphatic carbocycles. The number of carbonyl (C=O) groups is 1. The number of morpholine rings is 1. The van der Waals surface area contributed by atoms with Crippen LogP contribution in [0.4, 0.5) is 10.7 Å². The first-order valence-corrected chi connectivity index (χ1v) is 8.19. The van der Waals surface area contributed by atoms with Crippen LogP contribution in [0.25, 0.3) is 0 Å². The number of ether oxygens (including phenoxy) is 2. The zero-order valence-electron chi connectivity index (χ0n) is 13.1. The number of hydrogen-bond donors (Lipinski definition) is 1. The molecule has 1 aromatic heterocycles. The number of ketones is 1. The zero-order valence-corrected chi connectivity index (χ0v) is 14.0. The van der Waals surface area contributed by atoms with Gasteiger partial charge in [0.15, 0.2) is 11.5 Å². The molecule has 2 heterocycles. The second-order valence-electron chi connectivity index (χ2n) is 5.76. The Hall–Kier alpha value is -1.27. The zero-order chi connectivity index (χ0) is 15.6. The molecule has 1 aliphatic heterocycles. The van der Waals surface area contributed by atoms with E-state index < -0.39 is 0 Å². The summed E-state index contributed by atoms with van der Waals surface area (Å²) in [6, 6.07) is 0. The maximum Gasteiger partial charge on any atom is 0.177 e. The number of rotatable bonds is 5. The van der Waals surface area contributed by atoms with Gasteiger partial charge in [-0.2, -0.15) is 0 Å². The third kappa shape index (κ3) is 3.49. The van der Waals surface area contributed by atoms with E-state index in [1.54, 1.807) is 0 Å². The second-order valence-corrected chi connectivity index (χ2v) is 6.76. The van der Waals surface area contributed by atoms with Crippen molar-refractivity contribution < 1.29 is 14.3 Å². The van der Waals surface area contributed by atoms with Gasteiger partial charge in [0, 0.05) is 19.0 Å². The normalized spacial score (nSPS) is 15.8. The predicted molar refractivity (Wildman–Crippen MR) is 86.7 cm³/mol. The average Bonchev–Trinajstić information content (AvgIpc) is 2.76. The van der Waals surface area contributed by atoms with E-state index in [0.29, 0.717) is 29.5 Å². The number of thiophene rings is 1. The van der Waals surface area contributed by atoms with Crippen molar-refractivity contribution in [2.75, 3.05) is 36.9 Å². The van der Waals surface area contributed by atoms with Crippen LogP contribution in [0.15, 0.2) is 0 Å². The molecular formula is C15H24N2O3S. The summed E-state index contributed by atoms with van der Waals surface area (Å²) >= 11 is 1.44. The summed E-state index contributed by atoms with van der Waals surface area (Å²) in [5.41, 5.74) is 6.68. The number of carbonyl (C=O) groups excluding carboxylic acids is 1. The third-order valence-corrected chi connectivity index (χ3v) is 4.54. The van der Waals surface area contributed by atoms with Gasteiger partial charge in [0.25, 0.3) is 0 Å². The van der Waals surface area contributed by atoms with Crippen LogP contribution in [0.5, 0.6) is 5.75 Å². The number of nitrogens with zero attached hydrogens (tertiary/aromatic N) is 1. The van der Waals surface area contributed by atoms with Crippen molar-refractivity contribution in [3.8, 4) is 5.75 Å². The average molecular weight is 312 g/mol. The molecule has 5 nitrogen and oxygen atoms in total. The summed E-state index contributed by atoms with van der Waals surface area (Å²) in [4.78, 5) is 15.1. The summed E-state index contributed by atoms with van der Waals surface area (Å²) in [6.45, 7) is 10.7. The van der Waals surface area contributed by atoms with Crippen LogP contribution in [0, 0.1) is 5.92 Å². The summed E-state index contributed by atoms with van der Waals surface area (Å²) in [5, 5.41) is 0.952. The number of nitrogens with two attached hydrogens (primary N) is 1. The fourth-order valence-corrected chi connectivity index (χ4v) is 3.48. The Balaban J connectivity index is 2.41. The number of nitrogen functional groups attached to an aromatic ring is 1. The van der Waals surface area contributed by atoms with Crippen molar-refractivity contribution >= 4 is 27.8 Å². The number of Topliss-reactive ketones (excluding diaryl/α,β-unsaturated/α-hetero) is 1. The Bertz CT molecular complexity index is 505. The van der Waals surface area contributed by atoms with E-state index in [-0.39, 0.29) is 17.8 Å². The summed E-state index contributed by atoms with van der Waals surface area (Å²) < 4.78 is 11.3. The van der Waals surface area contributed by atoms with Crippen LogP contribution in [0.1, 0.15) is 37.4 Å². The van der Waals surface area contributed by atoms with E-state index in [1.807, 2.05) is 27.7 Å². The standard InChI is InChI=1S/C15H24N2O3S/c1-9(2)12(18)14-11(16)13(20-10(3)4)15(21-14)17-5-7-19-8-6-17/h9-10H,5-8,16H2,1-4H3. The lowest BCUT2D eigenvalue weighted by molar-refractivity contribution is 0.0944. The molecule has 0 atom stereocenters. The molecule has 1 saturated heterocycles. The molecule has 0 amide bonds. The fourth-order valence-electron chi connectivity index (χ4n) is 2.19. The molecule has 0 aromatic carbocycles. The summed E-state index contributed by atoms with van der Waals surface area (Å²) in [6.07, 6.45) is 0.0173. The van der Waals surface area contributed by atoms with Gasteiger partial charge in [0.2, 0.25) is 0 Å². The highest BCUT2D eigenvalue weighted by atomic mass is 32.1. The van der Waals surface area contributed by atoms with Crippen molar-refractivity contribution in [1.29, 1.82) is 0 Å². The minimum Gasteiger partial charge on any atom is -0.486 e. The van der Waals surface area contributed by atoms with Crippen LogP contribution >= 0.6 is 11.3 Å². The van der Waals surface area contributed by atoms with Crippen molar-refractivity contribution in [3.63, 3.8) is 0 Å². The van der Waals surface area contributed by atoms with Crippen molar-refractivity contribution in [2.24, 2.45) is 5.92 Å². The van der Waals surface area contributed by atoms with Gasteiger partial charge in [-0.25, -0.2) is 0 Å². The van der Waals surface area contributed by atoms with Crippen molar-refractivity contribution in [3.05, 3.63) is 4.88 Å². The van der Waals surface area contributed by atoms with Crippen LogP contribution in [0.3, 0.4) is 0 Å². The largest absolute Gasteiger partial charge is 0.486 e. The van der Waals surface area contributed by atoms with Gasteiger partial charge in [0.05, 0.1) is 29.9 Å². The van der Waals surface area contributed by atoms with Crippen LogP contribution in [-0.2, 0) is 4.74 Å². The first kappa shape index (κ1) is 16.1. The highest BCUT2D eigenvalue weighted by Gasteiger charge is 2.28. The van der Waals surface area contributed by atoms with Crippen LogP contribution in [0.2, 0.25) is 0 Å². The molecule has 0 bridgehead atoms. The van der Waals surface area contributed by atoms with E-state index >= 15 is 0 Å². The van der Waals surface area contributed by atoms with E-state index in [1.165, 1.54) is 11.3 Å². The van der Waals surface area contributed by atoms with Gasteiger partial charge >= 0.3 is 0 Å². The third-order valence-electron chi connectivity index (χ3n) is 3.28. The van der Waals surface area contributed by atoms with Gasteiger partial charge in [-0.1, -0.05) is 13.8 Å². The lowest BCUT2D eigenvalue weighted by atomic mass is 10.1. The highest BCUT2D eigenvalue weighted by molar-refractivity contribution is 7.19. The van der Waals surface area contributed by atoms with E-state index in [4.69, 9.17) is 15.2 Å². The monoisotopic (exact) mass is 312 g/mol. The van der Waals surface area contributed by atoms with Gasteiger partial charge < -0.3 is 20.1 Å². The Morgan fingerprint density at radius 1 is 1.29 bits per heavy atom. The van der Waals surface area contributed by atoms with Crippen molar-refractivity contribution in [1.82, 2.24) is 0 Å². The Morgan fingerprint density at radius 2 is 1.90 bits per heavy atom. The van der Waals surface area contributed by atoms with E-state index in [9.17, 15) is 4.79 Å². The molecule has 0 spiro atoms. The first-order chi connectivity index (χ1) is 9.91. The summed E-state index contributed by atoms with van der Waals surface area (Å²) in [7, 11) is 0. The minimum atomic E-state index is -0.0737.